The average molecular weight is 290 g/mol. The molecule has 1 aliphatic rings. The number of carboxylic acid groups (broad SMARTS) is 1. The van der Waals surface area contributed by atoms with Gasteiger partial charge in [-0.05, 0) is 56.9 Å². The van der Waals surface area contributed by atoms with E-state index < -0.39 is 17.3 Å². The summed E-state index contributed by atoms with van der Waals surface area (Å²) in [6.07, 6.45) is 1.90. The van der Waals surface area contributed by atoms with E-state index in [0.717, 1.165) is 31.6 Å². The molecule has 2 rings (SSSR count). The molecule has 1 atom stereocenters. The summed E-state index contributed by atoms with van der Waals surface area (Å²) in [4.78, 5) is 24.7. The molecule has 0 spiro atoms. The summed E-state index contributed by atoms with van der Waals surface area (Å²) in [6.45, 7) is 5.21. The SMILES string of the molecule is CC(C)(C(=O)O)C1CCCN(c2ccc(C(N)=O)cc2)C1. The fourth-order valence-electron chi connectivity index (χ4n) is 2.81. The highest BCUT2D eigenvalue weighted by atomic mass is 16.4. The molecule has 0 saturated carbocycles. The standard InChI is InChI=1S/C16H22N2O3/c1-16(2,15(20)21)12-4-3-9-18(10-12)13-7-5-11(6-8-13)14(17)19/h5-8,12H,3-4,9-10H2,1-2H3,(H2,17,19)(H,20,21). The van der Waals surface area contributed by atoms with Crippen molar-refractivity contribution in [3.63, 3.8) is 0 Å². The maximum atomic E-state index is 11.4. The molecule has 1 aromatic carbocycles. The maximum Gasteiger partial charge on any atom is 0.309 e. The summed E-state index contributed by atoms with van der Waals surface area (Å²) >= 11 is 0. The van der Waals surface area contributed by atoms with Crippen molar-refractivity contribution in [2.45, 2.75) is 26.7 Å². The molecule has 1 aromatic rings. The lowest BCUT2D eigenvalue weighted by Crippen LogP contribution is -2.44. The second-order valence-electron chi connectivity index (χ2n) is 6.22. The molecule has 0 radical (unpaired) electrons. The van der Waals surface area contributed by atoms with Gasteiger partial charge in [0.05, 0.1) is 5.41 Å². The molecular weight excluding hydrogens is 268 g/mol. The highest BCUT2D eigenvalue weighted by Gasteiger charge is 2.39. The molecule has 0 aromatic heterocycles. The van der Waals surface area contributed by atoms with Gasteiger partial charge in [0.25, 0.3) is 0 Å². The van der Waals surface area contributed by atoms with Crippen molar-refractivity contribution >= 4 is 17.6 Å². The van der Waals surface area contributed by atoms with Crippen LogP contribution in [0.1, 0.15) is 37.0 Å². The van der Waals surface area contributed by atoms with E-state index in [0.29, 0.717) is 5.56 Å². The zero-order valence-electron chi connectivity index (χ0n) is 12.5. The smallest absolute Gasteiger partial charge is 0.309 e. The average Bonchev–Trinajstić information content (AvgIpc) is 2.47. The van der Waals surface area contributed by atoms with E-state index in [-0.39, 0.29) is 5.92 Å². The normalized spacial score (nSPS) is 19.3. The molecule has 1 unspecified atom stereocenters. The molecule has 0 aliphatic carbocycles. The number of carboxylic acids is 1. The van der Waals surface area contributed by atoms with Crippen LogP contribution >= 0.6 is 0 Å². The van der Waals surface area contributed by atoms with E-state index in [1.165, 1.54) is 0 Å². The summed E-state index contributed by atoms with van der Waals surface area (Å²) in [5, 5.41) is 9.38. The fraction of sp³-hybridized carbons (Fsp3) is 0.500. The monoisotopic (exact) mass is 290 g/mol. The number of amides is 1. The summed E-state index contributed by atoms with van der Waals surface area (Å²) < 4.78 is 0. The van der Waals surface area contributed by atoms with Crippen molar-refractivity contribution in [2.75, 3.05) is 18.0 Å². The minimum Gasteiger partial charge on any atom is -0.481 e. The van der Waals surface area contributed by atoms with Gasteiger partial charge in [0.15, 0.2) is 0 Å². The number of carbonyl (C=O) groups is 2. The summed E-state index contributed by atoms with van der Waals surface area (Å²) in [6, 6.07) is 7.17. The maximum absolute atomic E-state index is 11.4. The largest absolute Gasteiger partial charge is 0.481 e. The van der Waals surface area contributed by atoms with Crippen LogP contribution in [0.4, 0.5) is 5.69 Å². The highest BCUT2D eigenvalue weighted by Crippen LogP contribution is 2.35. The zero-order valence-corrected chi connectivity index (χ0v) is 12.5. The first kappa shape index (κ1) is 15.4. The Morgan fingerprint density at radius 1 is 1.29 bits per heavy atom. The molecule has 0 bridgehead atoms. The first-order valence-corrected chi connectivity index (χ1v) is 7.20. The van der Waals surface area contributed by atoms with Crippen molar-refractivity contribution in [3.05, 3.63) is 29.8 Å². The van der Waals surface area contributed by atoms with E-state index in [1.54, 1.807) is 26.0 Å². The predicted molar refractivity (Wildman–Crippen MR) is 81.3 cm³/mol. The number of nitrogens with two attached hydrogens (primary N) is 1. The Balaban J connectivity index is 2.14. The van der Waals surface area contributed by atoms with Gasteiger partial charge in [-0.15, -0.1) is 0 Å². The number of aliphatic carboxylic acids is 1. The van der Waals surface area contributed by atoms with E-state index in [1.807, 2.05) is 12.1 Å². The first-order valence-electron chi connectivity index (χ1n) is 7.20. The van der Waals surface area contributed by atoms with E-state index >= 15 is 0 Å². The van der Waals surface area contributed by atoms with Crippen LogP contribution in [0.5, 0.6) is 0 Å². The molecule has 1 fully saturated rings. The van der Waals surface area contributed by atoms with Crippen LogP contribution in [-0.4, -0.2) is 30.1 Å². The van der Waals surface area contributed by atoms with Crippen LogP contribution < -0.4 is 10.6 Å². The van der Waals surface area contributed by atoms with Crippen LogP contribution in [-0.2, 0) is 4.79 Å². The Labute approximate surface area is 124 Å². The topological polar surface area (TPSA) is 83.6 Å². The number of benzene rings is 1. The van der Waals surface area contributed by atoms with Crippen molar-refractivity contribution < 1.29 is 14.7 Å². The summed E-state index contributed by atoms with van der Waals surface area (Å²) in [7, 11) is 0. The van der Waals surface area contributed by atoms with Gasteiger partial charge in [0.2, 0.25) is 5.91 Å². The van der Waals surface area contributed by atoms with Crippen molar-refractivity contribution in [2.24, 2.45) is 17.1 Å². The number of anilines is 1. The van der Waals surface area contributed by atoms with Gasteiger partial charge in [-0.3, -0.25) is 9.59 Å². The van der Waals surface area contributed by atoms with Crippen LogP contribution in [0.25, 0.3) is 0 Å². The number of carbonyl (C=O) groups excluding carboxylic acids is 1. The molecule has 1 heterocycles. The van der Waals surface area contributed by atoms with E-state index in [2.05, 4.69) is 4.90 Å². The molecule has 1 aliphatic heterocycles. The number of rotatable bonds is 4. The Morgan fingerprint density at radius 3 is 2.43 bits per heavy atom. The second kappa shape index (κ2) is 5.76. The van der Waals surface area contributed by atoms with Gasteiger partial charge in [-0.1, -0.05) is 0 Å². The molecule has 1 saturated heterocycles. The fourth-order valence-corrected chi connectivity index (χ4v) is 2.81. The number of primary amides is 1. The van der Waals surface area contributed by atoms with Gasteiger partial charge in [-0.25, -0.2) is 0 Å². The lowest BCUT2D eigenvalue weighted by molar-refractivity contribution is -0.150. The second-order valence-corrected chi connectivity index (χ2v) is 6.22. The van der Waals surface area contributed by atoms with Crippen molar-refractivity contribution in [3.8, 4) is 0 Å². The van der Waals surface area contributed by atoms with Crippen molar-refractivity contribution in [1.29, 1.82) is 0 Å². The van der Waals surface area contributed by atoms with Crippen LogP contribution in [0.3, 0.4) is 0 Å². The van der Waals surface area contributed by atoms with E-state index in [4.69, 9.17) is 5.73 Å². The zero-order chi connectivity index (χ0) is 15.6. The van der Waals surface area contributed by atoms with Gasteiger partial charge >= 0.3 is 5.97 Å². The number of hydrogen-bond acceptors (Lipinski definition) is 3. The third-order valence-electron chi connectivity index (χ3n) is 4.51. The Kier molecular flexibility index (Phi) is 4.21. The molecule has 5 nitrogen and oxygen atoms in total. The first-order chi connectivity index (χ1) is 9.82. The lowest BCUT2D eigenvalue weighted by Gasteiger charge is -2.40. The van der Waals surface area contributed by atoms with Gasteiger partial charge in [0.1, 0.15) is 0 Å². The van der Waals surface area contributed by atoms with Crippen molar-refractivity contribution in [1.82, 2.24) is 0 Å². The minimum absolute atomic E-state index is 0.111. The van der Waals surface area contributed by atoms with Crippen LogP contribution in [0, 0.1) is 11.3 Å². The number of nitrogens with zero attached hydrogens (tertiary/aromatic N) is 1. The lowest BCUT2D eigenvalue weighted by atomic mass is 9.74. The molecule has 3 N–H and O–H groups in total. The van der Waals surface area contributed by atoms with Gasteiger partial charge < -0.3 is 15.7 Å². The molecule has 1 amide bonds. The summed E-state index contributed by atoms with van der Waals surface area (Å²) in [5.74, 6) is -1.08. The number of piperidine rings is 1. The number of hydrogen-bond donors (Lipinski definition) is 2. The molecular formula is C16H22N2O3. The minimum atomic E-state index is -0.751. The Bertz CT molecular complexity index is 537. The third kappa shape index (κ3) is 3.17. The Morgan fingerprint density at radius 2 is 1.90 bits per heavy atom. The van der Waals surface area contributed by atoms with Gasteiger partial charge in [0, 0.05) is 24.3 Å². The Hall–Kier alpha value is -2.04. The highest BCUT2D eigenvalue weighted by molar-refractivity contribution is 5.93. The predicted octanol–water partition coefficient (Wildman–Crippen LogP) is 2.11. The summed E-state index contributed by atoms with van der Waals surface area (Å²) in [5.41, 5.74) is 6.00. The molecule has 21 heavy (non-hydrogen) atoms. The quantitative estimate of drug-likeness (QED) is 0.889. The molecule has 5 heteroatoms. The van der Waals surface area contributed by atoms with Gasteiger partial charge in [-0.2, -0.15) is 0 Å². The van der Waals surface area contributed by atoms with E-state index in [9.17, 15) is 14.7 Å². The third-order valence-corrected chi connectivity index (χ3v) is 4.51. The van der Waals surface area contributed by atoms with Crippen LogP contribution in [0.2, 0.25) is 0 Å². The molecule has 114 valence electrons. The van der Waals surface area contributed by atoms with Crippen LogP contribution in [0.15, 0.2) is 24.3 Å².